The largest absolute Gasteiger partial charge is 0.393 e. The van der Waals surface area contributed by atoms with Crippen molar-refractivity contribution >= 4 is 22.4 Å². The van der Waals surface area contributed by atoms with Gasteiger partial charge in [0.2, 0.25) is 0 Å². The van der Waals surface area contributed by atoms with Crippen LogP contribution >= 0.6 is 0 Å². The fraction of sp³-hybridized carbons (Fsp3) is 0.125. The van der Waals surface area contributed by atoms with Crippen molar-refractivity contribution in [2.45, 2.75) is 14.4 Å². The first kappa shape index (κ1) is 15.4. The van der Waals surface area contributed by atoms with Gasteiger partial charge >= 0.3 is 5.69 Å². The first-order chi connectivity index (χ1) is 10.1. The van der Waals surface area contributed by atoms with E-state index in [0.29, 0.717) is 16.9 Å². The van der Waals surface area contributed by atoms with Gasteiger partial charge in [0.25, 0.3) is 0 Å². The zero-order chi connectivity index (χ0) is 15.0. The number of aromatic nitrogens is 2. The molecule has 2 aromatic carbocycles. The van der Waals surface area contributed by atoms with Gasteiger partial charge in [-0.05, 0) is 19.1 Å². The number of anilines is 1. The maximum Gasteiger partial charge on any atom is 0.319 e. The minimum absolute atomic E-state index is 0. The molecule has 2 N–H and O–H groups in total. The summed E-state index contributed by atoms with van der Waals surface area (Å²) in [6.45, 7) is 1.83. The van der Waals surface area contributed by atoms with E-state index in [4.69, 9.17) is 5.73 Å². The molecule has 0 bridgehead atoms. The minimum atomic E-state index is -0.517. The monoisotopic (exact) mass is 296 g/mol. The molecular formula is C16H16N4O2. The molecule has 0 spiro atoms. The molecule has 0 saturated heterocycles. The molecule has 0 amide bonds. The van der Waals surface area contributed by atoms with Crippen LogP contribution < -0.4 is 5.73 Å². The second-order valence-electron chi connectivity index (χ2n) is 4.65. The van der Waals surface area contributed by atoms with Crippen molar-refractivity contribution < 1.29 is 4.92 Å². The normalized spacial score (nSPS) is 10.2. The number of nitro benzene ring substituents is 1. The number of hydrogen-bond acceptors (Lipinski definition) is 5. The third kappa shape index (κ3) is 2.46. The average Bonchev–Trinajstić information content (AvgIpc) is 2.47. The maximum absolute atomic E-state index is 11.2. The van der Waals surface area contributed by atoms with E-state index in [0.717, 1.165) is 5.56 Å². The lowest BCUT2D eigenvalue weighted by atomic mass is 10.1. The summed E-state index contributed by atoms with van der Waals surface area (Å²) >= 11 is 0. The van der Waals surface area contributed by atoms with Gasteiger partial charge in [0.15, 0.2) is 5.52 Å². The van der Waals surface area contributed by atoms with Crippen LogP contribution in [-0.2, 0) is 0 Å². The molecule has 3 rings (SSSR count). The lowest BCUT2D eigenvalue weighted by molar-refractivity contribution is -0.382. The Bertz CT molecular complexity index is 848. The fourth-order valence-corrected chi connectivity index (χ4v) is 2.27. The van der Waals surface area contributed by atoms with Crippen LogP contribution in [0.2, 0.25) is 0 Å². The molecule has 0 aliphatic carbocycles. The molecule has 3 aromatic rings. The van der Waals surface area contributed by atoms with Crippen LogP contribution in [0.15, 0.2) is 42.5 Å². The van der Waals surface area contributed by atoms with Gasteiger partial charge in [-0.25, -0.2) is 9.97 Å². The number of rotatable bonds is 2. The lowest BCUT2D eigenvalue weighted by Crippen LogP contribution is -2.01. The second kappa shape index (κ2) is 5.77. The van der Waals surface area contributed by atoms with Crippen LogP contribution in [0.4, 0.5) is 11.4 Å². The summed E-state index contributed by atoms with van der Waals surface area (Å²) in [5.74, 6) is 0. The van der Waals surface area contributed by atoms with Gasteiger partial charge in [-0.1, -0.05) is 37.8 Å². The summed E-state index contributed by atoms with van der Waals surface area (Å²) in [5.41, 5.74) is 8.47. The third-order valence-electron chi connectivity index (χ3n) is 3.25. The Morgan fingerprint density at radius 3 is 2.41 bits per heavy atom. The molecule has 0 aliphatic heterocycles. The zero-order valence-corrected chi connectivity index (χ0v) is 11.3. The Labute approximate surface area is 127 Å². The third-order valence-corrected chi connectivity index (χ3v) is 3.25. The van der Waals surface area contributed by atoms with Gasteiger partial charge < -0.3 is 5.73 Å². The SMILES string of the molecule is C.Cc1nc2ccc(N)c([N+](=O)[O-])c2nc1-c1ccccc1. The molecule has 6 heteroatoms. The van der Waals surface area contributed by atoms with Gasteiger partial charge in [-0.15, -0.1) is 0 Å². The van der Waals surface area contributed by atoms with Gasteiger partial charge in [-0.3, -0.25) is 10.1 Å². The van der Waals surface area contributed by atoms with E-state index in [2.05, 4.69) is 9.97 Å². The first-order valence-electron chi connectivity index (χ1n) is 6.34. The highest BCUT2D eigenvalue weighted by atomic mass is 16.6. The number of aryl methyl sites for hydroxylation is 1. The van der Waals surface area contributed by atoms with Crippen molar-refractivity contribution in [1.82, 2.24) is 9.97 Å². The average molecular weight is 296 g/mol. The molecule has 1 aromatic heterocycles. The molecule has 1 heterocycles. The quantitative estimate of drug-likeness (QED) is 0.441. The van der Waals surface area contributed by atoms with Crippen LogP contribution in [-0.4, -0.2) is 14.9 Å². The van der Waals surface area contributed by atoms with E-state index >= 15 is 0 Å². The highest BCUT2D eigenvalue weighted by molar-refractivity contribution is 5.92. The molecule has 0 radical (unpaired) electrons. The van der Waals surface area contributed by atoms with Crippen molar-refractivity contribution in [1.29, 1.82) is 0 Å². The number of hydrogen-bond donors (Lipinski definition) is 1. The summed E-state index contributed by atoms with van der Waals surface area (Å²) in [6, 6.07) is 12.6. The van der Waals surface area contributed by atoms with Gasteiger partial charge in [0, 0.05) is 5.56 Å². The number of nitrogens with two attached hydrogens (primary N) is 1. The minimum Gasteiger partial charge on any atom is -0.393 e. The second-order valence-corrected chi connectivity index (χ2v) is 4.65. The van der Waals surface area contributed by atoms with Gasteiger partial charge in [0.05, 0.1) is 21.8 Å². The number of nitrogen functional groups attached to an aromatic ring is 1. The summed E-state index contributed by atoms with van der Waals surface area (Å²) in [5, 5.41) is 11.2. The zero-order valence-electron chi connectivity index (χ0n) is 11.3. The summed E-state index contributed by atoms with van der Waals surface area (Å²) in [6.07, 6.45) is 0. The van der Waals surface area contributed by atoms with E-state index in [1.54, 1.807) is 6.07 Å². The maximum atomic E-state index is 11.2. The molecule has 0 atom stereocenters. The highest BCUT2D eigenvalue weighted by Crippen LogP contribution is 2.31. The molecule has 0 fully saturated rings. The first-order valence-corrected chi connectivity index (χ1v) is 6.34. The van der Waals surface area contributed by atoms with E-state index < -0.39 is 4.92 Å². The Morgan fingerprint density at radius 1 is 1.09 bits per heavy atom. The van der Waals surface area contributed by atoms with Crippen molar-refractivity contribution in [3.63, 3.8) is 0 Å². The molecule has 0 unspecified atom stereocenters. The number of nitro groups is 1. The Morgan fingerprint density at radius 2 is 1.77 bits per heavy atom. The molecular weight excluding hydrogens is 280 g/mol. The number of fused-ring (bicyclic) bond motifs is 1. The predicted octanol–water partition coefficient (Wildman–Crippen LogP) is 3.73. The summed E-state index contributed by atoms with van der Waals surface area (Å²) in [7, 11) is 0. The van der Waals surface area contributed by atoms with Crippen LogP contribution in [0.1, 0.15) is 13.1 Å². The molecule has 0 saturated carbocycles. The van der Waals surface area contributed by atoms with E-state index in [9.17, 15) is 10.1 Å². The molecule has 112 valence electrons. The van der Waals surface area contributed by atoms with Crippen molar-refractivity contribution in [3.05, 3.63) is 58.3 Å². The Balaban J connectivity index is 0.00000176. The van der Waals surface area contributed by atoms with E-state index in [-0.39, 0.29) is 24.3 Å². The van der Waals surface area contributed by atoms with Crippen molar-refractivity contribution in [3.8, 4) is 11.3 Å². The molecule has 6 nitrogen and oxygen atoms in total. The summed E-state index contributed by atoms with van der Waals surface area (Å²) in [4.78, 5) is 19.6. The topological polar surface area (TPSA) is 94.9 Å². The molecule has 22 heavy (non-hydrogen) atoms. The van der Waals surface area contributed by atoms with E-state index in [1.807, 2.05) is 37.3 Å². The number of nitrogens with zero attached hydrogens (tertiary/aromatic N) is 3. The standard InChI is InChI=1S/C15H12N4O2.CH4/c1-9-13(10-5-3-2-4-6-10)18-14-12(17-9)8-7-11(16)15(14)19(20)21;/h2-8H,16H2,1H3;1H4. The van der Waals surface area contributed by atoms with Gasteiger partial charge in [0.1, 0.15) is 5.69 Å². The van der Waals surface area contributed by atoms with Crippen LogP contribution in [0, 0.1) is 17.0 Å². The fourth-order valence-electron chi connectivity index (χ4n) is 2.27. The Hall–Kier alpha value is -3.02. The summed E-state index contributed by atoms with van der Waals surface area (Å²) < 4.78 is 0. The van der Waals surface area contributed by atoms with Gasteiger partial charge in [-0.2, -0.15) is 0 Å². The Kier molecular flexibility index (Phi) is 4.03. The number of benzene rings is 2. The van der Waals surface area contributed by atoms with Crippen LogP contribution in [0.25, 0.3) is 22.3 Å². The van der Waals surface area contributed by atoms with E-state index in [1.165, 1.54) is 6.07 Å². The van der Waals surface area contributed by atoms with Crippen LogP contribution in [0.3, 0.4) is 0 Å². The lowest BCUT2D eigenvalue weighted by Gasteiger charge is -2.08. The highest BCUT2D eigenvalue weighted by Gasteiger charge is 2.20. The predicted molar refractivity (Wildman–Crippen MR) is 87.5 cm³/mol. The van der Waals surface area contributed by atoms with Crippen LogP contribution in [0.5, 0.6) is 0 Å². The molecule has 0 aliphatic rings. The van der Waals surface area contributed by atoms with Crippen molar-refractivity contribution in [2.75, 3.05) is 5.73 Å². The smallest absolute Gasteiger partial charge is 0.319 e. The van der Waals surface area contributed by atoms with Crippen molar-refractivity contribution in [2.24, 2.45) is 0 Å².